The Morgan fingerprint density at radius 2 is 0.944 bits per heavy atom. The van der Waals surface area contributed by atoms with Crippen LogP contribution in [-0.4, -0.2) is 4.57 Å². The summed E-state index contributed by atoms with van der Waals surface area (Å²) in [5, 5.41) is 12.0. The van der Waals surface area contributed by atoms with Crippen molar-refractivity contribution in [3.8, 4) is 56.3 Å². The second-order valence-corrected chi connectivity index (χ2v) is 14.1. The molecule has 0 fully saturated rings. The Kier molecular flexibility index (Phi) is 7.67. The lowest BCUT2D eigenvalue weighted by atomic mass is 9.90. The van der Waals surface area contributed by atoms with Crippen molar-refractivity contribution in [3.05, 3.63) is 205 Å². The van der Waals surface area contributed by atoms with E-state index in [2.05, 4.69) is 191 Å². The van der Waals surface area contributed by atoms with E-state index in [1.807, 2.05) is 12.1 Å². The minimum Gasteiger partial charge on any atom is -0.363 e. The molecular formula is C51H35N3. The smallest absolute Gasteiger partial charge is 0.0991 e. The van der Waals surface area contributed by atoms with Crippen LogP contribution in [0.15, 0.2) is 188 Å². The zero-order chi connectivity index (χ0) is 36.0. The van der Waals surface area contributed by atoms with Gasteiger partial charge in [0.25, 0.3) is 0 Å². The van der Waals surface area contributed by atoms with Crippen molar-refractivity contribution in [2.45, 2.75) is 13.1 Å². The topological polar surface area (TPSA) is 32.0 Å². The number of rotatable bonds is 5. The first-order valence-corrected chi connectivity index (χ1v) is 18.5. The van der Waals surface area contributed by atoms with Crippen LogP contribution in [0.2, 0.25) is 0 Å². The highest BCUT2D eigenvalue weighted by Gasteiger charge is 2.23. The van der Waals surface area contributed by atoms with Gasteiger partial charge >= 0.3 is 0 Å². The van der Waals surface area contributed by atoms with Crippen molar-refractivity contribution in [1.82, 2.24) is 4.57 Å². The summed E-state index contributed by atoms with van der Waals surface area (Å²) in [5.41, 5.74) is 17.5. The van der Waals surface area contributed by atoms with E-state index in [-0.39, 0.29) is 0 Å². The molecule has 0 aliphatic carbocycles. The SMILES string of the molecule is N#Cc1ccc2c(c1)c1ccccc1n2-c1ccc2c(c1)-c1cc(-c3cc(-c4ccccc4)cc(-c4ccccc4)c3)ccc1CN(c1ccccc1)C2. The molecule has 2 heterocycles. The van der Waals surface area contributed by atoms with Crippen LogP contribution < -0.4 is 4.90 Å². The van der Waals surface area contributed by atoms with E-state index in [9.17, 15) is 5.26 Å². The van der Waals surface area contributed by atoms with Crippen LogP contribution in [0.3, 0.4) is 0 Å². The van der Waals surface area contributed by atoms with Crippen molar-refractivity contribution >= 4 is 27.5 Å². The molecule has 0 atom stereocenters. The molecule has 0 unspecified atom stereocenters. The maximum Gasteiger partial charge on any atom is 0.0991 e. The van der Waals surface area contributed by atoms with Gasteiger partial charge in [-0.15, -0.1) is 0 Å². The van der Waals surface area contributed by atoms with Gasteiger partial charge in [0, 0.05) is 35.2 Å². The quantitative estimate of drug-likeness (QED) is 0.180. The summed E-state index contributed by atoms with van der Waals surface area (Å²) >= 11 is 0. The fourth-order valence-corrected chi connectivity index (χ4v) is 8.23. The van der Waals surface area contributed by atoms with E-state index < -0.39 is 0 Å². The number of hydrogen-bond acceptors (Lipinski definition) is 2. The fourth-order valence-electron chi connectivity index (χ4n) is 8.23. The maximum absolute atomic E-state index is 9.74. The van der Waals surface area contributed by atoms with Gasteiger partial charge in [-0.05, 0) is 128 Å². The van der Waals surface area contributed by atoms with Gasteiger partial charge in [-0.3, -0.25) is 0 Å². The van der Waals surface area contributed by atoms with Crippen LogP contribution >= 0.6 is 0 Å². The van der Waals surface area contributed by atoms with Gasteiger partial charge in [0.1, 0.15) is 0 Å². The molecular weight excluding hydrogens is 655 g/mol. The molecule has 1 aromatic heterocycles. The first-order chi connectivity index (χ1) is 26.7. The second kappa shape index (κ2) is 13.1. The maximum atomic E-state index is 9.74. The summed E-state index contributed by atoms with van der Waals surface area (Å²) < 4.78 is 2.35. The average Bonchev–Trinajstić information content (AvgIpc) is 3.48. The van der Waals surface area contributed by atoms with Crippen LogP contribution in [0.4, 0.5) is 5.69 Å². The highest BCUT2D eigenvalue weighted by Crippen LogP contribution is 2.41. The van der Waals surface area contributed by atoms with Crippen LogP contribution in [0.5, 0.6) is 0 Å². The van der Waals surface area contributed by atoms with E-state index in [1.165, 1.54) is 61.3 Å². The molecule has 54 heavy (non-hydrogen) atoms. The molecule has 0 spiro atoms. The fraction of sp³-hybridized carbons (Fsp3) is 0.0392. The molecule has 3 heteroatoms. The number of nitrogens with zero attached hydrogens (tertiary/aromatic N) is 3. The number of anilines is 1. The van der Waals surface area contributed by atoms with E-state index in [0.717, 1.165) is 40.6 Å². The zero-order valence-electron chi connectivity index (χ0n) is 29.7. The lowest BCUT2D eigenvalue weighted by Gasteiger charge is -2.24. The molecule has 254 valence electrons. The lowest BCUT2D eigenvalue weighted by molar-refractivity contribution is 0.812. The van der Waals surface area contributed by atoms with Crippen molar-refractivity contribution in [2.75, 3.05) is 4.90 Å². The van der Waals surface area contributed by atoms with Gasteiger partial charge in [0.05, 0.1) is 22.7 Å². The molecule has 0 radical (unpaired) electrons. The predicted molar refractivity (Wildman–Crippen MR) is 224 cm³/mol. The Bertz CT molecular complexity index is 2820. The van der Waals surface area contributed by atoms with Crippen molar-refractivity contribution < 1.29 is 0 Å². The third-order valence-electron chi connectivity index (χ3n) is 10.9. The Hall–Kier alpha value is -7.15. The summed E-state index contributed by atoms with van der Waals surface area (Å²) in [6.45, 7) is 1.60. The number of fused-ring (bicyclic) bond motifs is 6. The monoisotopic (exact) mass is 689 g/mol. The van der Waals surface area contributed by atoms with Crippen molar-refractivity contribution in [2.24, 2.45) is 0 Å². The van der Waals surface area contributed by atoms with Crippen molar-refractivity contribution in [1.29, 1.82) is 5.26 Å². The first-order valence-electron chi connectivity index (χ1n) is 18.5. The minimum atomic E-state index is 0.668. The summed E-state index contributed by atoms with van der Waals surface area (Å²) in [4.78, 5) is 2.48. The van der Waals surface area contributed by atoms with Crippen LogP contribution in [-0.2, 0) is 13.1 Å². The second-order valence-electron chi connectivity index (χ2n) is 14.1. The summed E-state index contributed by atoms with van der Waals surface area (Å²) in [6, 6.07) is 70.0. The normalized spacial score (nSPS) is 12.2. The van der Waals surface area contributed by atoms with Crippen LogP contribution in [0.25, 0.3) is 72.0 Å². The highest BCUT2D eigenvalue weighted by atomic mass is 15.1. The molecule has 0 amide bonds. The van der Waals surface area contributed by atoms with Crippen LogP contribution in [0.1, 0.15) is 16.7 Å². The molecule has 9 aromatic rings. The molecule has 3 nitrogen and oxygen atoms in total. The third-order valence-corrected chi connectivity index (χ3v) is 10.9. The number of para-hydroxylation sites is 2. The molecule has 1 aliphatic heterocycles. The number of benzene rings is 8. The van der Waals surface area contributed by atoms with Gasteiger partial charge < -0.3 is 9.47 Å². The average molecular weight is 690 g/mol. The van der Waals surface area contributed by atoms with Gasteiger partial charge in [-0.1, -0.05) is 115 Å². The molecule has 1 aliphatic rings. The number of hydrogen-bond donors (Lipinski definition) is 0. The minimum absolute atomic E-state index is 0.668. The molecule has 10 rings (SSSR count). The molecule has 8 aromatic carbocycles. The Morgan fingerprint density at radius 3 is 1.61 bits per heavy atom. The summed E-state index contributed by atoms with van der Waals surface area (Å²) in [5.74, 6) is 0. The summed E-state index contributed by atoms with van der Waals surface area (Å²) in [7, 11) is 0. The molecule has 0 N–H and O–H groups in total. The lowest BCUT2D eigenvalue weighted by Crippen LogP contribution is -2.20. The standard InChI is InChI=1S/C51H35N3/c52-32-35-20-25-51-49(26-35)46-18-10-11-19-50(46)54(51)45-24-23-40-34-53(44-16-8-3-9-17-44)33-39-22-21-38(30-47(39)48(40)31-45)43-28-41(36-12-4-1-5-13-36)27-42(29-43)37-14-6-2-7-15-37/h1-31H,33-34H2. The van der Waals surface area contributed by atoms with Gasteiger partial charge in [0.2, 0.25) is 0 Å². The zero-order valence-corrected chi connectivity index (χ0v) is 29.7. The van der Waals surface area contributed by atoms with Crippen molar-refractivity contribution in [3.63, 3.8) is 0 Å². The van der Waals surface area contributed by atoms with Gasteiger partial charge in [-0.25, -0.2) is 0 Å². The van der Waals surface area contributed by atoms with E-state index >= 15 is 0 Å². The largest absolute Gasteiger partial charge is 0.363 e. The Balaban J connectivity index is 1.18. The van der Waals surface area contributed by atoms with E-state index in [4.69, 9.17) is 0 Å². The third kappa shape index (κ3) is 5.53. The highest BCUT2D eigenvalue weighted by molar-refractivity contribution is 6.09. The molecule has 0 bridgehead atoms. The summed E-state index contributed by atoms with van der Waals surface area (Å²) in [6.07, 6.45) is 0. The molecule has 0 saturated heterocycles. The number of aromatic nitrogens is 1. The molecule has 0 saturated carbocycles. The first kappa shape index (κ1) is 31.6. The van der Waals surface area contributed by atoms with Crippen LogP contribution in [0, 0.1) is 11.3 Å². The van der Waals surface area contributed by atoms with Gasteiger partial charge in [0.15, 0.2) is 0 Å². The Labute approximate surface area is 315 Å². The van der Waals surface area contributed by atoms with E-state index in [1.54, 1.807) is 0 Å². The predicted octanol–water partition coefficient (Wildman–Crippen LogP) is 12.8. The van der Waals surface area contributed by atoms with Gasteiger partial charge in [-0.2, -0.15) is 5.26 Å². The Morgan fingerprint density at radius 1 is 0.389 bits per heavy atom. The van der Waals surface area contributed by atoms with E-state index in [0.29, 0.717) is 5.56 Å². The number of nitriles is 1.